The number of halogens is 1. The van der Waals surface area contributed by atoms with E-state index >= 15 is 0 Å². The molecule has 2 N–H and O–H groups in total. The number of ether oxygens (including phenoxy) is 2. The van der Waals surface area contributed by atoms with Crippen molar-refractivity contribution in [2.45, 2.75) is 40.5 Å². The third kappa shape index (κ3) is 4.50. The molecule has 2 aromatic rings. The highest BCUT2D eigenvalue weighted by Gasteiger charge is 2.17. The van der Waals surface area contributed by atoms with E-state index in [0.29, 0.717) is 42.5 Å². The lowest BCUT2D eigenvalue weighted by atomic mass is 10.1. The van der Waals surface area contributed by atoms with Gasteiger partial charge in [-0.15, -0.1) is 11.3 Å². The first kappa shape index (κ1) is 18.6. The summed E-state index contributed by atoms with van der Waals surface area (Å²) in [6.45, 7) is 8.23. The van der Waals surface area contributed by atoms with Crippen LogP contribution in [0.3, 0.4) is 0 Å². The van der Waals surface area contributed by atoms with E-state index < -0.39 is 0 Å². The lowest BCUT2D eigenvalue weighted by Gasteiger charge is -2.20. The monoisotopic (exact) mass is 378 g/mol. The summed E-state index contributed by atoms with van der Waals surface area (Å²) < 4.78 is 24.6. The zero-order valence-electron chi connectivity index (χ0n) is 15.2. The van der Waals surface area contributed by atoms with Gasteiger partial charge in [0.2, 0.25) is 0 Å². The SMILES string of the molecule is CCNC(=NCc1cc(F)cc2c1OCOC2)NCc1nc(C)c(C)s1. The van der Waals surface area contributed by atoms with E-state index in [1.165, 1.54) is 17.0 Å². The van der Waals surface area contributed by atoms with Crippen molar-refractivity contribution in [2.24, 2.45) is 4.99 Å². The Bertz CT molecular complexity index is 787. The van der Waals surface area contributed by atoms with E-state index in [1.54, 1.807) is 11.3 Å². The van der Waals surface area contributed by atoms with Crippen LogP contribution in [0, 0.1) is 19.7 Å². The van der Waals surface area contributed by atoms with Crippen molar-refractivity contribution < 1.29 is 13.9 Å². The number of hydrogen-bond donors (Lipinski definition) is 2. The molecule has 0 radical (unpaired) electrons. The van der Waals surface area contributed by atoms with Gasteiger partial charge in [-0.2, -0.15) is 0 Å². The quantitative estimate of drug-likeness (QED) is 0.618. The molecular weight excluding hydrogens is 355 g/mol. The zero-order valence-corrected chi connectivity index (χ0v) is 16.0. The minimum Gasteiger partial charge on any atom is -0.467 e. The number of rotatable bonds is 5. The number of nitrogens with zero attached hydrogens (tertiary/aromatic N) is 2. The molecule has 2 heterocycles. The Kier molecular flexibility index (Phi) is 6.05. The number of guanidine groups is 1. The summed E-state index contributed by atoms with van der Waals surface area (Å²) in [5.74, 6) is 1.02. The maximum atomic E-state index is 13.8. The number of thiazole rings is 1. The van der Waals surface area contributed by atoms with Gasteiger partial charge in [-0.3, -0.25) is 0 Å². The lowest BCUT2D eigenvalue weighted by Crippen LogP contribution is -2.36. The number of aromatic nitrogens is 1. The van der Waals surface area contributed by atoms with Gasteiger partial charge in [0.25, 0.3) is 0 Å². The van der Waals surface area contributed by atoms with E-state index in [0.717, 1.165) is 17.2 Å². The average molecular weight is 378 g/mol. The van der Waals surface area contributed by atoms with E-state index in [1.807, 2.05) is 13.8 Å². The van der Waals surface area contributed by atoms with Crippen LogP contribution < -0.4 is 15.4 Å². The van der Waals surface area contributed by atoms with Crippen LogP contribution in [-0.2, 0) is 24.4 Å². The van der Waals surface area contributed by atoms with Crippen molar-refractivity contribution in [3.05, 3.63) is 44.7 Å². The molecule has 1 aromatic heterocycles. The molecule has 0 fully saturated rings. The van der Waals surface area contributed by atoms with Crippen LogP contribution >= 0.6 is 11.3 Å². The van der Waals surface area contributed by atoms with Gasteiger partial charge >= 0.3 is 0 Å². The van der Waals surface area contributed by atoms with Crippen molar-refractivity contribution in [1.29, 1.82) is 0 Å². The minimum absolute atomic E-state index is 0.177. The standard InChI is InChI=1S/C18H23FN4O2S/c1-4-20-18(22-8-16-23-11(2)12(3)26-16)21-7-13-5-15(19)6-14-9-24-10-25-17(13)14/h5-6H,4,7-10H2,1-3H3,(H2,20,21,22). The zero-order chi connectivity index (χ0) is 18.5. The second-order valence-electron chi connectivity index (χ2n) is 5.96. The van der Waals surface area contributed by atoms with Crippen molar-refractivity contribution in [3.8, 4) is 5.75 Å². The summed E-state index contributed by atoms with van der Waals surface area (Å²) in [5.41, 5.74) is 2.48. The lowest BCUT2D eigenvalue weighted by molar-refractivity contribution is -0.0172. The van der Waals surface area contributed by atoms with Gasteiger partial charge in [0.15, 0.2) is 12.8 Å². The fraction of sp³-hybridized carbons (Fsp3) is 0.444. The summed E-state index contributed by atoms with van der Waals surface area (Å²) in [6, 6.07) is 2.91. The molecule has 26 heavy (non-hydrogen) atoms. The Hall–Kier alpha value is -2.19. The van der Waals surface area contributed by atoms with Crippen molar-refractivity contribution >= 4 is 17.3 Å². The third-order valence-corrected chi connectivity index (χ3v) is 5.06. The highest BCUT2D eigenvalue weighted by molar-refractivity contribution is 7.11. The number of fused-ring (bicyclic) bond motifs is 1. The second kappa shape index (κ2) is 8.46. The van der Waals surface area contributed by atoms with Crippen LogP contribution in [0.2, 0.25) is 0 Å². The Morgan fingerprint density at radius 2 is 2.19 bits per heavy atom. The Labute approximate surface area is 156 Å². The number of hydrogen-bond acceptors (Lipinski definition) is 5. The Morgan fingerprint density at radius 3 is 2.92 bits per heavy atom. The largest absolute Gasteiger partial charge is 0.467 e. The number of aryl methyl sites for hydroxylation is 2. The molecule has 140 valence electrons. The molecule has 8 heteroatoms. The summed E-state index contributed by atoms with van der Waals surface area (Å²) in [7, 11) is 0. The van der Waals surface area contributed by atoms with Gasteiger partial charge in [0, 0.05) is 22.5 Å². The van der Waals surface area contributed by atoms with Gasteiger partial charge in [-0.25, -0.2) is 14.4 Å². The smallest absolute Gasteiger partial charge is 0.191 e. The fourth-order valence-corrected chi connectivity index (χ4v) is 3.53. The number of benzene rings is 1. The predicted octanol–water partition coefficient (Wildman–Crippen LogP) is 3.02. The van der Waals surface area contributed by atoms with Gasteiger partial charge < -0.3 is 20.1 Å². The first-order valence-corrected chi connectivity index (χ1v) is 9.35. The number of nitrogens with one attached hydrogen (secondary N) is 2. The Balaban J connectivity index is 1.72. The normalized spacial score (nSPS) is 13.9. The van der Waals surface area contributed by atoms with Crippen molar-refractivity contribution in [1.82, 2.24) is 15.6 Å². The van der Waals surface area contributed by atoms with E-state index in [9.17, 15) is 4.39 Å². The molecule has 0 spiro atoms. The second-order valence-corrected chi connectivity index (χ2v) is 7.25. The van der Waals surface area contributed by atoms with Crippen LogP contribution in [0.4, 0.5) is 4.39 Å². The van der Waals surface area contributed by atoms with Crippen molar-refractivity contribution in [2.75, 3.05) is 13.3 Å². The van der Waals surface area contributed by atoms with Crippen LogP contribution in [0.1, 0.15) is 33.6 Å². The summed E-state index contributed by atoms with van der Waals surface area (Å²) in [6.07, 6.45) is 0. The molecule has 6 nitrogen and oxygen atoms in total. The highest BCUT2D eigenvalue weighted by Crippen LogP contribution is 2.29. The first-order valence-electron chi connectivity index (χ1n) is 8.53. The van der Waals surface area contributed by atoms with Gasteiger partial charge in [-0.05, 0) is 32.9 Å². The first-order chi connectivity index (χ1) is 12.6. The summed E-state index contributed by atoms with van der Waals surface area (Å²) in [5, 5.41) is 7.47. The van der Waals surface area contributed by atoms with Crippen molar-refractivity contribution in [3.63, 3.8) is 0 Å². The maximum Gasteiger partial charge on any atom is 0.191 e. The molecule has 3 rings (SSSR count). The number of aliphatic imine (C=N–C) groups is 1. The van der Waals surface area contributed by atoms with E-state index in [4.69, 9.17) is 9.47 Å². The molecule has 1 aliphatic heterocycles. The van der Waals surface area contributed by atoms with Gasteiger partial charge in [0.05, 0.1) is 25.4 Å². The Morgan fingerprint density at radius 1 is 1.35 bits per heavy atom. The molecule has 0 unspecified atom stereocenters. The molecular formula is C18H23FN4O2S. The van der Waals surface area contributed by atoms with Crippen LogP contribution in [0.25, 0.3) is 0 Å². The molecule has 0 atom stereocenters. The van der Waals surface area contributed by atoms with E-state index in [2.05, 4.69) is 27.5 Å². The molecule has 0 aliphatic carbocycles. The third-order valence-electron chi connectivity index (χ3n) is 3.98. The van der Waals surface area contributed by atoms with Gasteiger partial charge in [-0.1, -0.05) is 0 Å². The van der Waals surface area contributed by atoms with Crippen LogP contribution in [0.5, 0.6) is 5.75 Å². The topological polar surface area (TPSA) is 67.8 Å². The molecule has 0 bridgehead atoms. The summed E-state index contributed by atoms with van der Waals surface area (Å²) in [4.78, 5) is 10.3. The molecule has 0 amide bonds. The van der Waals surface area contributed by atoms with E-state index in [-0.39, 0.29) is 12.6 Å². The maximum absolute atomic E-state index is 13.8. The highest BCUT2D eigenvalue weighted by atomic mass is 32.1. The summed E-state index contributed by atoms with van der Waals surface area (Å²) >= 11 is 1.67. The predicted molar refractivity (Wildman–Crippen MR) is 99.9 cm³/mol. The average Bonchev–Trinajstić information content (AvgIpc) is 2.95. The minimum atomic E-state index is -0.310. The molecule has 0 saturated heterocycles. The molecule has 1 aliphatic rings. The molecule has 0 saturated carbocycles. The molecule has 1 aromatic carbocycles. The van der Waals surface area contributed by atoms with Gasteiger partial charge in [0.1, 0.15) is 16.6 Å². The van der Waals surface area contributed by atoms with Crippen LogP contribution in [-0.4, -0.2) is 24.3 Å². The fourth-order valence-electron chi connectivity index (χ4n) is 2.65. The van der Waals surface area contributed by atoms with Crippen LogP contribution in [0.15, 0.2) is 17.1 Å².